The summed E-state index contributed by atoms with van der Waals surface area (Å²) >= 11 is 1.10. The third-order valence-electron chi connectivity index (χ3n) is 3.92. The van der Waals surface area contributed by atoms with E-state index in [-0.39, 0.29) is 16.2 Å². The Kier molecular flexibility index (Phi) is 6.72. The fourth-order valence-electron chi connectivity index (χ4n) is 2.41. The van der Waals surface area contributed by atoms with E-state index in [1.807, 2.05) is 27.7 Å². The summed E-state index contributed by atoms with van der Waals surface area (Å²) in [4.78, 5) is 21.3. The molecule has 148 valence electrons. The van der Waals surface area contributed by atoms with Crippen LogP contribution in [0.1, 0.15) is 69.4 Å². The average molecular weight is 411 g/mol. The van der Waals surface area contributed by atoms with Crippen LogP contribution in [0.4, 0.5) is 10.5 Å². The predicted molar refractivity (Wildman–Crippen MR) is 108 cm³/mol. The van der Waals surface area contributed by atoms with Crippen molar-refractivity contribution in [3.05, 3.63) is 34.6 Å². The van der Waals surface area contributed by atoms with Gasteiger partial charge in [-0.3, -0.25) is 9.71 Å². The highest BCUT2D eigenvalue weighted by molar-refractivity contribution is 7.85. The highest BCUT2D eigenvalue weighted by Gasteiger charge is 2.23. The first-order valence-electron chi connectivity index (χ1n) is 8.66. The summed E-state index contributed by atoms with van der Waals surface area (Å²) in [5, 5.41) is 12.8. The van der Waals surface area contributed by atoms with Crippen molar-refractivity contribution in [2.24, 2.45) is 0 Å². The maximum Gasteiger partial charge on any atom is 0.331 e. The minimum absolute atomic E-state index is 0.172. The minimum Gasteiger partial charge on any atom is -0.385 e. The maximum absolute atomic E-state index is 12.4. The topological polar surface area (TPSA) is 104 Å². The lowest BCUT2D eigenvalue weighted by molar-refractivity contribution is 0.0823. The number of nitrogens with zero attached hydrogens (tertiary/aromatic N) is 2. The number of hydrogen-bond donors (Lipinski definition) is 3. The van der Waals surface area contributed by atoms with Gasteiger partial charge in [0.15, 0.2) is 11.0 Å². The Morgan fingerprint density at radius 2 is 1.70 bits per heavy atom. The predicted octanol–water partition coefficient (Wildman–Crippen LogP) is 3.86. The second kappa shape index (κ2) is 8.45. The number of urea groups is 1. The van der Waals surface area contributed by atoms with Crippen molar-refractivity contribution < 1.29 is 14.1 Å². The third-order valence-corrected chi connectivity index (χ3v) is 6.52. The number of rotatable bonds is 6. The molecule has 7 nitrogen and oxygen atoms in total. The number of carbonyl (C=O) groups excluding carboxylic acids is 1. The number of anilines is 1. The van der Waals surface area contributed by atoms with Gasteiger partial charge in [-0.15, -0.1) is 11.3 Å². The number of hydrogen-bond acceptors (Lipinski definition) is 6. The summed E-state index contributed by atoms with van der Waals surface area (Å²) in [6, 6.07) is -0.580. The van der Waals surface area contributed by atoms with Gasteiger partial charge in [0.05, 0.1) is 16.2 Å². The molecule has 0 aliphatic carbocycles. The summed E-state index contributed by atoms with van der Waals surface area (Å²) in [5.74, 6) is 0.343. The Morgan fingerprint density at radius 1 is 1.15 bits per heavy atom. The zero-order valence-corrected chi connectivity index (χ0v) is 18.0. The molecule has 0 saturated carbocycles. The standard InChI is InChI=1S/C18H26N4O3S2/c1-10(2)12-7-19-8-13(11(3)4)15(12)21-16(23)22-27(25)17-20-9-14(26-17)18(5,6)24/h7-11,24H,1-6H3,(H2,19,21,22,23). The first-order chi connectivity index (χ1) is 12.5. The van der Waals surface area contributed by atoms with Gasteiger partial charge < -0.3 is 10.4 Å². The van der Waals surface area contributed by atoms with E-state index in [4.69, 9.17) is 0 Å². The Labute approximate surface area is 166 Å². The lowest BCUT2D eigenvalue weighted by Gasteiger charge is -2.19. The largest absolute Gasteiger partial charge is 0.385 e. The fourth-order valence-corrected chi connectivity index (χ4v) is 4.21. The molecular formula is C18H26N4O3S2. The third kappa shape index (κ3) is 5.33. The molecule has 27 heavy (non-hydrogen) atoms. The van der Waals surface area contributed by atoms with Crippen LogP contribution in [0.5, 0.6) is 0 Å². The quantitative estimate of drug-likeness (QED) is 0.671. The van der Waals surface area contributed by atoms with E-state index in [9.17, 15) is 14.1 Å². The summed E-state index contributed by atoms with van der Waals surface area (Å²) in [7, 11) is -1.82. The van der Waals surface area contributed by atoms with Crippen molar-refractivity contribution in [2.75, 3.05) is 5.32 Å². The van der Waals surface area contributed by atoms with E-state index in [0.717, 1.165) is 22.5 Å². The van der Waals surface area contributed by atoms with E-state index in [1.165, 1.54) is 6.20 Å². The van der Waals surface area contributed by atoms with E-state index >= 15 is 0 Å². The Hall–Kier alpha value is -1.84. The summed E-state index contributed by atoms with van der Waals surface area (Å²) < 4.78 is 15.1. The van der Waals surface area contributed by atoms with Crippen molar-refractivity contribution in [1.82, 2.24) is 14.7 Å². The summed E-state index contributed by atoms with van der Waals surface area (Å²) in [6.45, 7) is 11.3. The Bertz CT molecular complexity index is 815. The first-order valence-corrected chi connectivity index (χ1v) is 10.6. The van der Waals surface area contributed by atoms with Gasteiger partial charge in [-0.05, 0) is 36.8 Å². The Morgan fingerprint density at radius 3 is 2.15 bits per heavy atom. The Balaban J connectivity index is 2.18. The lowest BCUT2D eigenvalue weighted by Crippen LogP contribution is -2.31. The molecule has 2 aromatic rings. The first kappa shape index (κ1) is 21.5. The molecule has 0 aliphatic heterocycles. The van der Waals surface area contributed by atoms with Crippen molar-refractivity contribution in [3.63, 3.8) is 0 Å². The molecule has 2 heterocycles. The van der Waals surface area contributed by atoms with Crippen LogP contribution in [-0.4, -0.2) is 25.3 Å². The van der Waals surface area contributed by atoms with Crippen molar-refractivity contribution in [2.45, 2.75) is 63.3 Å². The van der Waals surface area contributed by atoms with Crippen LogP contribution in [0.15, 0.2) is 22.9 Å². The van der Waals surface area contributed by atoms with Crippen LogP contribution in [0.25, 0.3) is 0 Å². The molecule has 2 amide bonds. The van der Waals surface area contributed by atoms with Gasteiger partial charge >= 0.3 is 6.03 Å². The number of aliphatic hydroxyl groups is 1. The molecule has 0 aliphatic rings. The molecule has 0 fully saturated rings. The van der Waals surface area contributed by atoms with Crippen molar-refractivity contribution in [1.29, 1.82) is 0 Å². The van der Waals surface area contributed by atoms with E-state index < -0.39 is 22.6 Å². The monoisotopic (exact) mass is 410 g/mol. The molecule has 2 rings (SSSR count). The SMILES string of the molecule is CC(C)c1cncc(C(C)C)c1NC(=O)NS(=O)c1ncc(C(C)(C)O)s1. The summed E-state index contributed by atoms with van der Waals surface area (Å²) in [5.41, 5.74) is 1.46. The number of aromatic nitrogens is 2. The van der Waals surface area contributed by atoms with Crippen LogP contribution in [0.2, 0.25) is 0 Å². The van der Waals surface area contributed by atoms with Gasteiger partial charge in [0.2, 0.25) is 4.34 Å². The van der Waals surface area contributed by atoms with Gasteiger partial charge in [0.1, 0.15) is 0 Å². The summed E-state index contributed by atoms with van der Waals surface area (Å²) in [6.07, 6.45) is 4.94. The molecule has 0 spiro atoms. The molecule has 0 radical (unpaired) electrons. The molecule has 0 bridgehead atoms. The fraction of sp³-hybridized carbons (Fsp3) is 0.500. The van der Waals surface area contributed by atoms with Gasteiger partial charge in [-0.2, -0.15) is 0 Å². The molecule has 1 atom stereocenters. The second-order valence-electron chi connectivity index (χ2n) is 7.38. The number of pyridine rings is 1. The zero-order chi connectivity index (χ0) is 20.4. The second-order valence-corrected chi connectivity index (χ2v) is 9.79. The van der Waals surface area contributed by atoms with Crippen LogP contribution in [0.3, 0.4) is 0 Å². The van der Waals surface area contributed by atoms with Gasteiger partial charge in [-0.25, -0.2) is 14.0 Å². The average Bonchev–Trinajstić information content (AvgIpc) is 3.04. The molecule has 3 N–H and O–H groups in total. The normalized spacial score (nSPS) is 13.1. The minimum atomic E-state index is -1.82. The molecule has 0 saturated heterocycles. The van der Waals surface area contributed by atoms with Crippen molar-refractivity contribution in [3.8, 4) is 0 Å². The van der Waals surface area contributed by atoms with Crippen LogP contribution >= 0.6 is 11.3 Å². The highest BCUT2D eigenvalue weighted by Crippen LogP contribution is 2.31. The molecule has 9 heteroatoms. The highest BCUT2D eigenvalue weighted by atomic mass is 32.2. The zero-order valence-electron chi connectivity index (χ0n) is 16.4. The smallest absolute Gasteiger partial charge is 0.331 e. The molecular weight excluding hydrogens is 384 g/mol. The number of carbonyl (C=O) groups is 1. The van der Waals surface area contributed by atoms with Crippen molar-refractivity contribution >= 4 is 34.0 Å². The van der Waals surface area contributed by atoms with E-state index in [1.54, 1.807) is 26.2 Å². The molecule has 1 unspecified atom stereocenters. The lowest BCUT2D eigenvalue weighted by atomic mass is 9.95. The number of nitrogens with one attached hydrogen (secondary N) is 2. The maximum atomic E-state index is 12.4. The van der Waals surface area contributed by atoms with Crippen LogP contribution in [0, 0.1) is 0 Å². The number of thiazole rings is 1. The van der Waals surface area contributed by atoms with Crippen LogP contribution in [-0.2, 0) is 16.6 Å². The van der Waals surface area contributed by atoms with E-state index in [2.05, 4.69) is 20.0 Å². The van der Waals surface area contributed by atoms with Crippen LogP contribution < -0.4 is 10.0 Å². The van der Waals surface area contributed by atoms with Gasteiger partial charge in [-0.1, -0.05) is 27.7 Å². The van der Waals surface area contributed by atoms with Gasteiger partial charge in [0, 0.05) is 18.6 Å². The van der Waals surface area contributed by atoms with E-state index in [0.29, 0.717) is 10.6 Å². The molecule has 2 aromatic heterocycles. The molecule has 0 aromatic carbocycles. The number of amides is 2. The van der Waals surface area contributed by atoms with Gasteiger partial charge in [0.25, 0.3) is 0 Å².